The average molecular weight is 481 g/mol. The number of benzene rings is 2. The first-order chi connectivity index (χ1) is 15.5. The number of hydrogen-bond donors (Lipinski definition) is 0. The van der Waals surface area contributed by atoms with E-state index in [1.54, 1.807) is 22.8 Å². The van der Waals surface area contributed by atoms with Gasteiger partial charge in [0.05, 0.1) is 26.7 Å². The van der Waals surface area contributed by atoms with Crippen molar-refractivity contribution < 1.29 is 4.42 Å². The van der Waals surface area contributed by atoms with Gasteiger partial charge in [0.2, 0.25) is 5.89 Å². The lowest BCUT2D eigenvalue weighted by Crippen LogP contribution is -2.22. The molecule has 0 amide bonds. The van der Waals surface area contributed by atoms with Gasteiger partial charge >= 0.3 is 0 Å². The molecule has 9 heteroatoms. The number of aryl methyl sites for hydroxylation is 1. The number of halogens is 1. The SMILES string of the molecule is Cc1cccc(-n2c(SC(C)c3nnc(-c4cccs4)o3)nc3cc(Cl)ccc3c2=O)c1. The predicted octanol–water partition coefficient (Wildman–Crippen LogP) is 6.31. The minimum Gasteiger partial charge on any atom is -0.419 e. The lowest BCUT2D eigenvalue weighted by Gasteiger charge is -2.15. The fourth-order valence-electron chi connectivity index (χ4n) is 3.32. The number of thiophene rings is 1. The van der Waals surface area contributed by atoms with Crippen molar-refractivity contribution in [3.8, 4) is 16.5 Å². The van der Waals surface area contributed by atoms with Crippen LogP contribution in [0.4, 0.5) is 0 Å². The van der Waals surface area contributed by atoms with Crippen molar-refractivity contribution in [2.45, 2.75) is 24.3 Å². The Bertz CT molecular complexity index is 1480. The van der Waals surface area contributed by atoms with Crippen LogP contribution in [-0.4, -0.2) is 19.7 Å². The molecule has 32 heavy (non-hydrogen) atoms. The second kappa shape index (κ2) is 8.54. The fraction of sp³-hybridized carbons (Fsp3) is 0.130. The summed E-state index contributed by atoms with van der Waals surface area (Å²) in [6.07, 6.45) is 0. The van der Waals surface area contributed by atoms with Gasteiger partial charge in [0.1, 0.15) is 0 Å². The standard InChI is InChI=1S/C23H17ClN4O2S2/c1-13-5-3-6-16(11-13)28-22(29)17-9-8-15(24)12-18(17)25-23(28)32-14(2)20-26-27-21(30-20)19-7-4-10-31-19/h3-12,14H,1-2H3. The van der Waals surface area contributed by atoms with Crippen molar-refractivity contribution in [3.05, 3.63) is 86.8 Å². The Hall–Kier alpha value is -2.94. The van der Waals surface area contributed by atoms with Gasteiger partial charge in [-0.2, -0.15) is 0 Å². The van der Waals surface area contributed by atoms with Crippen molar-refractivity contribution >= 4 is 45.6 Å². The summed E-state index contributed by atoms with van der Waals surface area (Å²) in [6, 6.07) is 16.8. The summed E-state index contributed by atoms with van der Waals surface area (Å²) in [4.78, 5) is 19.2. The molecule has 0 spiro atoms. The molecule has 2 aromatic carbocycles. The molecule has 0 bridgehead atoms. The molecule has 0 saturated carbocycles. The van der Waals surface area contributed by atoms with Gasteiger partial charge in [0.15, 0.2) is 5.16 Å². The minimum atomic E-state index is -0.226. The second-order valence-electron chi connectivity index (χ2n) is 7.22. The Labute approximate surface area is 196 Å². The van der Waals surface area contributed by atoms with Crippen molar-refractivity contribution in [2.24, 2.45) is 0 Å². The first-order valence-corrected chi connectivity index (χ1v) is 12.0. The third-order valence-corrected chi connectivity index (χ3v) is 7.00. The molecule has 3 heterocycles. The Morgan fingerprint density at radius 2 is 2.00 bits per heavy atom. The third-order valence-electron chi connectivity index (χ3n) is 4.86. The van der Waals surface area contributed by atoms with Gasteiger partial charge in [-0.05, 0) is 61.2 Å². The van der Waals surface area contributed by atoms with Gasteiger partial charge < -0.3 is 4.42 Å². The largest absolute Gasteiger partial charge is 0.419 e. The summed E-state index contributed by atoms with van der Waals surface area (Å²) in [5.74, 6) is 0.950. The van der Waals surface area contributed by atoms with Gasteiger partial charge in [-0.3, -0.25) is 9.36 Å². The Kier molecular flexibility index (Phi) is 5.58. The van der Waals surface area contributed by atoms with Crippen LogP contribution in [0.5, 0.6) is 0 Å². The summed E-state index contributed by atoms with van der Waals surface area (Å²) in [5, 5.41) is 11.7. The lowest BCUT2D eigenvalue weighted by molar-refractivity contribution is 0.509. The molecular formula is C23H17ClN4O2S2. The fourth-order valence-corrected chi connectivity index (χ4v) is 5.09. The monoisotopic (exact) mass is 480 g/mol. The predicted molar refractivity (Wildman–Crippen MR) is 129 cm³/mol. The summed E-state index contributed by atoms with van der Waals surface area (Å²) < 4.78 is 7.52. The summed E-state index contributed by atoms with van der Waals surface area (Å²) in [5.41, 5.74) is 2.19. The van der Waals surface area contributed by atoms with Gasteiger partial charge in [0, 0.05) is 5.02 Å². The molecule has 5 rings (SSSR count). The normalized spacial score (nSPS) is 12.3. The molecule has 6 nitrogen and oxygen atoms in total. The highest BCUT2D eigenvalue weighted by atomic mass is 35.5. The molecule has 1 unspecified atom stereocenters. The van der Waals surface area contributed by atoms with Crippen LogP contribution in [0, 0.1) is 6.92 Å². The number of hydrogen-bond acceptors (Lipinski definition) is 7. The summed E-state index contributed by atoms with van der Waals surface area (Å²) in [7, 11) is 0. The zero-order valence-corrected chi connectivity index (χ0v) is 19.5. The number of rotatable bonds is 5. The molecular weight excluding hydrogens is 464 g/mol. The van der Waals surface area contributed by atoms with Gasteiger partial charge in [-0.25, -0.2) is 4.98 Å². The van der Waals surface area contributed by atoms with Gasteiger partial charge in [0.25, 0.3) is 11.4 Å². The van der Waals surface area contributed by atoms with Crippen LogP contribution in [-0.2, 0) is 0 Å². The van der Waals surface area contributed by atoms with E-state index in [0.717, 1.165) is 16.1 Å². The summed E-state index contributed by atoms with van der Waals surface area (Å²) >= 11 is 9.09. The summed E-state index contributed by atoms with van der Waals surface area (Å²) in [6.45, 7) is 3.94. The van der Waals surface area contributed by atoms with Crippen molar-refractivity contribution in [3.63, 3.8) is 0 Å². The quantitative estimate of drug-likeness (QED) is 0.217. The molecule has 3 aromatic heterocycles. The second-order valence-corrected chi connectivity index (χ2v) is 9.91. The molecule has 0 aliphatic heterocycles. The maximum atomic E-state index is 13.5. The van der Waals surface area contributed by atoms with E-state index in [9.17, 15) is 4.79 Å². The van der Waals surface area contributed by atoms with Crippen LogP contribution in [0.3, 0.4) is 0 Å². The molecule has 1 atom stereocenters. The van der Waals surface area contributed by atoms with Crippen molar-refractivity contribution in [1.29, 1.82) is 0 Å². The zero-order valence-electron chi connectivity index (χ0n) is 17.2. The number of aromatic nitrogens is 4. The van der Waals surface area contributed by atoms with E-state index in [2.05, 4.69) is 10.2 Å². The van der Waals surface area contributed by atoms with Crippen LogP contribution < -0.4 is 5.56 Å². The maximum absolute atomic E-state index is 13.5. The van der Waals surface area contributed by atoms with Gasteiger partial charge in [-0.15, -0.1) is 21.5 Å². The van der Waals surface area contributed by atoms with E-state index in [4.69, 9.17) is 21.0 Å². The smallest absolute Gasteiger partial charge is 0.266 e. The Morgan fingerprint density at radius 1 is 1.12 bits per heavy atom. The van der Waals surface area contributed by atoms with Crippen LogP contribution >= 0.6 is 34.7 Å². The van der Waals surface area contributed by atoms with E-state index >= 15 is 0 Å². The highest BCUT2D eigenvalue weighted by Crippen LogP contribution is 2.36. The molecule has 0 N–H and O–H groups in total. The van der Waals surface area contributed by atoms with Crippen LogP contribution in [0.1, 0.15) is 23.6 Å². The third kappa shape index (κ3) is 3.97. The topological polar surface area (TPSA) is 73.8 Å². The average Bonchev–Trinajstić information content (AvgIpc) is 3.46. The maximum Gasteiger partial charge on any atom is 0.266 e. The number of fused-ring (bicyclic) bond motifs is 1. The lowest BCUT2D eigenvalue weighted by atomic mass is 10.2. The van der Waals surface area contributed by atoms with Gasteiger partial charge in [-0.1, -0.05) is 41.6 Å². The van der Waals surface area contributed by atoms with Crippen molar-refractivity contribution in [1.82, 2.24) is 19.7 Å². The molecule has 0 aliphatic rings. The van der Waals surface area contributed by atoms with E-state index < -0.39 is 0 Å². The molecule has 0 fully saturated rings. The zero-order chi connectivity index (χ0) is 22.2. The van der Waals surface area contributed by atoms with Crippen LogP contribution in [0.15, 0.2) is 74.3 Å². The van der Waals surface area contributed by atoms with E-state index in [0.29, 0.717) is 32.9 Å². The number of nitrogens with zero attached hydrogens (tertiary/aromatic N) is 4. The van der Waals surface area contributed by atoms with Crippen LogP contribution in [0.2, 0.25) is 5.02 Å². The molecule has 0 saturated heterocycles. The molecule has 0 radical (unpaired) electrons. The Morgan fingerprint density at radius 3 is 2.78 bits per heavy atom. The molecule has 0 aliphatic carbocycles. The molecule has 5 aromatic rings. The first kappa shape index (κ1) is 20.9. The first-order valence-electron chi connectivity index (χ1n) is 9.83. The van der Waals surface area contributed by atoms with Crippen molar-refractivity contribution in [2.75, 3.05) is 0 Å². The number of thioether (sulfide) groups is 1. The highest BCUT2D eigenvalue weighted by Gasteiger charge is 2.21. The highest BCUT2D eigenvalue weighted by molar-refractivity contribution is 7.99. The molecule has 160 valence electrons. The Balaban J connectivity index is 1.60. The van der Waals surface area contributed by atoms with E-state index in [1.807, 2.05) is 55.6 Å². The minimum absolute atomic E-state index is 0.156. The van der Waals surface area contributed by atoms with E-state index in [-0.39, 0.29) is 10.8 Å². The van der Waals surface area contributed by atoms with E-state index in [1.165, 1.54) is 23.1 Å². The van der Waals surface area contributed by atoms with Crippen LogP contribution in [0.25, 0.3) is 27.4 Å².